The van der Waals surface area contributed by atoms with Crippen molar-refractivity contribution >= 4 is 0 Å². The van der Waals surface area contributed by atoms with Crippen molar-refractivity contribution in [3.63, 3.8) is 0 Å². The summed E-state index contributed by atoms with van der Waals surface area (Å²) in [5.41, 5.74) is 1.20. The van der Waals surface area contributed by atoms with E-state index in [1.165, 1.54) is 17.7 Å². The Bertz CT molecular complexity index is 353. The van der Waals surface area contributed by atoms with E-state index < -0.39 is 0 Å². The first kappa shape index (κ1) is 10.2. The van der Waals surface area contributed by atoms with Crippen molar-refractivity contribution in [1.82, 2.24) is 4.90 Å². The van der Waals surface area contributed by atoms with Gasteiger partial charge in [-0.25, -0.2) is 4.39 Å². The van der Waals surface area contributed by atoms with Crippen molar-refractivity contribution in [3.8, 4) is 0 Å². The third-order valence-electron chi connectivity index (χ3n) is 3.64. The van der Waals surface area contributed by atoms with Crippen molar-refractivity contribution in [2.75, 3.05) is 26.3 Å². The van der Waals surface area contributed by atoms with Gasteiger partial charge in [0.1, 0.15) is 5.82 Å². The van der Waals surface area contributed by atoms with Crippen LogP contribution in [0.25, 0.3) is 0 Å². The van der Waals surface area contributed by atoms with Gasteiger partial charge in [0.25, 0.3) is 0 Å². The molecule has 0 saturated carbocycles. The first-order valence-corrected chi connectivity index (χ1v) is 5.86. The molecule has 2 fully saturated rings. The SMILES string of the molecule is Fc1ccc(CN2C[C@@H]3COC[C@H]3C2)cc1. The van der Waals surface area contributed by atoms with Crippen LogP contribution < -0.4 is 0 Å². The molecular formula is C13H16FNO. The quantitative estimate of drug-likeness (QED) is 0.756. The number of rotatable bonds is 2. The van der Waals surface area contributed by atoms with Crippen molar-refractivity contribution in [3.05, 3.63) is 35.6 Å². The van der Waals surface area contributed by atoms with Gasteiger partial charge < -0.3 is 4.74 Å². The predicted molar refractivity (Wildman–Crippen MR) is 59.5 cm³/mol. The molecule has 0 N–H and O–H groups in total. The molecule has 0 amide bonds. The molecule has 1 aromatic carbocycles. The number of ether oxygens (including phenoxy) is 1. The summed E-state index contributed by atoms with van der Waals surface area (Å²) in [6, 6.07) is 6.82. The van der Waals surface area contributed by atoms with Crippen LogP contribution in [0.4, 0.5) is 4.39 Å². The minimum absolute atomic E-state index is 0.157. The van der Waals surface area contributed by atoms with E-state index in [1.54, 1.807) is 0 Å². The molecule has 3 rings (SSSR count). The highest BCUT2D eigenvalue weighted by atomic mass is 19.1. The zero-order valence-corrected chi connectivity index (χ0v) is 9.23. The summed E-state index contributed by atoms with van der Waals surface area (Å²) < 4.78 is 18.2. The van der Waals surface area contributed by atoms with Gasteiger partial charge in [-0.1, -0.05) is 12.1 Å². The minimum atomic E-state index is -0.157. The minimum Gasteiger partial charge on any atom is -0.381 e. The summed E-state index contributed by atoms with van der Waals surface area (Å²) in [6.45, 7) is 5.03. The van der Waals surface area contributed by atoms with Gasteiger partial charge in [0.15, 0.2) is 0 Å². The van der Waals surface area contributed by atoms with E-state index in [2.05, 4.69) is 4.90 Å². The van der Waals surface area contributed by atoms with Gasteiger partial charge >= 0.3 is 0 Å². The lowest BCUT2D eigenvalue weighted by atomic mass is 10.0. The third kappa shape index (κ3) is 1.97. The van der Waals surface area contributed by atoms with Crippen LogP contribution in [-0.4, -0.2) is 31.2 Å². The van der Waals surface area contributed by atoms with Gasteiger partial charge in [0.05, 0.1) is 13.2 Å². The molecule has 16 heavy (non-hydrogen) atoms. The van der Waals surface area contributed by atoms with Gasteiger partial charge in [-0.2, -0.15) is 0 Å². The number of hydrogen-bond donors (Lipinski definition) is 0. The van der Waals surface area contributed by atoms with Crippen LogP contribution in [0.1, 0.15) is 5.56 Å². The molecule has 3 heteroatoms. The van der Waals surface area contributed by atoms with Crippen LogP contribution in [0.2, 0.25) is 0 Å². The smallest absolute Gasteiger partial charge is 0.123 e. The monoisotopic (exact) mass is 221 g/mol. The number of fused-ring (bicyclic) bond motifs is 1. The van der Waals surface area contributed by atoms with E-state index in [-0.39, 0.29) is 5.82 Å². The number of likely N-dealkylation sites (tertiary alicyclic amines) is 1. The summed E-state index contributed by atoms with van der Waals surface area (Å²) in [5, 5.41) is 0. The number of nitrogens with zero attached hydrogens (tertiary/aromatic N) is 1. The van der Waals surface area contributed by atoms with E-state index >= 15 is 0 Å². The average Bonchev–Trinajstić information content (AvgIpc) is 2.81. The maximum absolute atomic E-state index is 12.8. The standard InChI is InChI=1S/C13H16FNO/c14-13-3-1-10(2-4-13)5-15-6-11-8-16-9-12(11)7-15/h1-4,11-12H,5-9H2/t11-,12-/m1/s1. The zero-order valence-electron chi connectivity index (χ0n) is 9.23. The lowest BCUT2D eigenvalue weighted by Crippen LogP contribution is -2.22. The van der Waals surface area contributed by atoms with E-state index in [9.17, 15) is 4.39 Å². The molecule has 86 valence electrons. The fraction of sp³-hybridized carbons (Fsp3) is 0.538. The molecule has 0 aliphatic carbocycles. The molecule has 2 atom stereocenters. The molecule has 1 aromatic rings. The lowest BCUT2D eigenvalue weighted by molar-refractivity contribution is 0.153. The fourth-order valence-corrected chi connectivity index (χ4v) is 2.76. The molecule has 2 nitrogen and oxygen atoms in total. The van der Waals surface area contributed by atoms with Crippen LogP contribution in [-0.2, 0) is 11.3 Å². The molecule has 0 spiro atoms. The van der Waals surface area contributed by atoms with Crippen molar-refractivity contribution < 1.29 is 9.13 Å². The molecule has 2 aliphatic heterocycles. The Labute approximate surface area is 95.0 Å². The van der Waals surface area contributed by atoms with Gasteiger partial charge in [-0.05, 0) is 17.7 Å². The van der Waals surface area contributed by atoms with Crippen molar-refractivity contribution in [2.24, 2.45) is 11.8 Å². The summed E-state index contributed by atoms with van der Waals surface area (Å²) in [5.74, 6) is 1.29. The molecule has 2 saturated heterocycles. The van der Waals surface area contributed by atoms with Gasteiger partial charge in [0.2, 0.25) is 0 Å². The fourth-order valence-electron chi connectivity index (χ4n) is 2.76. The van der Waals surface area contributed by atoms with E-state index in [0.29, 0.717) is 0 Å². The van der Waals surface area contributed by atoms with Crippen LogP contribution in [0.3, 0.4) is 0 Å². The Kier molecular flexibility index (Phi) is 2.65. The first-order valence-electron chi connectivity index (χ1n) is 5.86. The largest absolute Gasteiger partial charge is 0.381 e. The third-order valence-corrected chi connectivity index (χ3v) is 3.64. The summed E-state index contributed by atoms with van der Waals surface area (Å²) >= 11 is 0. The molecule has 0 bridgehead atoms. The number of hydrogen-bond acceptors (Lipinski definition) is 2. The second-order valence-electron chi connectivity index (χ2n) is 4.88. The van der Waals surface area contributed by atoms with Crippen molar-refractivity contribution in [2.45, 2.75) is 6.54 Å². The molecule has 0 unspecified atom stereocenters. The Morgan fingerprint density at radius 1 is 1.12 bits per heavy atom. The number of benzene rings is 1. The number of halogens is 1. The van der Waals surface area contributed by atoms with Crippen LogP contribution in [0.15, 0.2) is 24.3 Å². The highest BCUT2D eigenvalue weighted by Gasteiger charge is 2.36. The Balaban J connectivity index is 1.62. The summed E-state index contributed by atoms with van der Waals surface area (Å²) in [6.07, 6.45) is 0. The summed E-state index contributed by atoms with van der Waals surface area (Å²) in [7, 11) is 0. The average molecular weight is 221 g/mol. The molecular weight excluding hydrogens is 205 g/mol. The van der Waals surface area contributed by atoms with E-state index in [4.69, 9.17) is 4.74 Å². The highest BCUT2D eigenvalue weighted by molar-refractivity contribution is 5.16. The van der Waals surface area contributed by atoms with E-state index in [0.717, 1.165) is 44.7 Å². The summed E-state index contributed by atoms with van der Waals surface area (Å²) in [4.78, 5) is 2.45. The molecule has 2 aliphatic rings. The van der Waals surface area contributed by atoms with Gasteiger partial charge in [-0.15, -0.1) is 0 Å². The highest BCUT2D eigenvalue weighted by Crippen LogP contribution is 2.29. The van der Waals surface area contributed by atoms with Gasteiger partial charge in [-0.3, -0.25) is 4.90 Å². The van der Waals surface area contributed by atoms with Crippen molar-refractivity contribution in [1.29, 1.82) is 0 Å². The predicted octanol–water partition coefficient (Wildman–Crippen LogP) is 1.90. The molecule has 2 heterocycles. The zero-order chi connectivity index (χ0) is 11.0. The second kappa shape index (κ2) is 4.15. The van der Waals surface area contributed by atoms with Gasteiger partial charge in [0, 0.05) is 31.5 Å². The normalized spacial score (nSPS) is 29.6. The van der Waals surface area contributed by atoms with Crippen LogP contribution in [0.5, 0.6) is 0 Å². The van der Waals surface area contributed by atoms with Crippen LogP contribution in [0, 0.1) is 17.7 Å². The topological polar surface area (TPSA) is 12.5 Å². The first-order chi connectivity index (χ1) is 7.81. The Morgan fingerprint density at radius 2 is 1.75 bits per heavy atom. The van der Waals surface area contributed by atoms with E-state index in [1.807, 2.05) is 12.1 Å². The molecule has 0 aromatic heterocycles. The Hall–Kier alpha value is -0.930. The lowest BCUT2D eigenvalue weighted by Gasteiger charge is -2.16. The van der Waals surface area contributed by atoms with Crippen LogP contribution >= 0.6 is 0 Å². The maximum atomic E-state index is 12.8. The molecule has 0 radical (unpaired) electrons. The Morgan fingerprint density at radius 3 is 2.38 bits per heavy atom. The second-order valence-corrected chi connectivity index (χ2v) is 4.88. The maximum Gasteiger partial charge on any atom is 0.123 e.